The zero-order chi connectivity index (χ0) is 23.3. The number of thiophene rings is 1. The lowest BCUT2D eigenvalue weighted by atomic mass is 10.2. The van der Waals surface area contributed by atoms with Crippen molar-refractivity contribution in [3.8, 4) is 5.75 Å². The largest absolute Gasteiger partial charge is 0.497 e. The molecule has 2 heterocycles. The number of carbonyl (C=O) groups is 2. The van der Waals surface area contributed by atoms with Crippen LogP contribution in [0.15, 0.2) is 29.1 Å². The van der Waals surface area contributed by atoms with Gasteiger partial charge in [0.2, 0.25) is 0 Å². The summed E-state index contributed by atoms with van der Waals surface area (Å²) in [5.41, 5.74) is 6.34. The van der Waals surface area contributed by atoms with Crippen molar-refractivity contribution >= 4 is 50.8 Å². The van der Waals surface area contributed by atoms with Gasteiger partial charge in [-0.3, -0.25) is 25.2 Å². The summed E-state index contributed by atoms with van der Waals surface area (Å²) < 4.78 is 5.08. The molecule has 3 rings (SSSR count). The number of fused-ring (bicyclic) bond motifs is 1. The standard InChI is InChI=1S/C21H25N5O4S2/c1-11-12(2)32-21-18(11)20(29)23-16(24-21)10-31-13(3)19(28)26-25-17(27)9-22-14-5-7-15(30-4)8-6-14/h5-8,13,22H,9-10H2,1-4H3,(H,25,27)(H,26,28)(H,23,24,29). The highest BCUT2D eigenvalue weighted by Gasteiger charge is 2.16. The Labute approximate surface area is 193 Å². The third kappa shape index (κ3) is 5.80. The fourth-order valence-electron chi connectivity index (χ4n) is 2.82. The van der Waals surface area contributed by atoms with Crippen molar-refractivity contribution in [2.75, 3.05) is 19.0 Å². The molecule has 9 nitrogen and oxygen atoms in total. The Balaban J connectivity index is 1.44. The molecule has 1 atom stereocenters. The van der Waals surface area contributed by atoms with Gasteiger partial charge in [-0.1, -0.05) is 0 Å². The number of H-pyrrole nitrogens is 1. The van der Waals surface area contributed by atoms with Gasteiger partial charge in [0.05, 0.1) is 30.0 Å². The number of aromatic amines is 1. The van der Waals surface area contributed by atoms with E-state index in [1.54, 1.807) is 38.3 Å². The average Bonchev–Trinajstić information content (AvgIpc) is 3.08. The molecule has 0 aliphatic heterocycles. The molecule has 32 heavy (non-hydrogen) atoms. The first-order chi connectivity index (χ1) is 15.3. The van der Waals surface area contributed by atoms with Crippen molar-refractivity contribution in [2.24, 2.45) is 0 Å². The van der Waals surface area contributed by atoms with Crippen LogP contribution in [-0.4, -0.2) is 40.7 Å². The summed E-state index contributed by atoms with van der Waals surface area (Å²) >= 11 is 2.80. The average molecular weight is 476 g/mol. The predicted octanol–water partition coefficient (Wildman–Crippen LogP) is 2.49. The number of thioether (sulfide) groups is 1. The molecule has 170 valence electrons. The number of methoxy groups -OCH3 is 1. The smallest absolute Gasteiger partial charge is 0.259 e. The molecule has 0 saturated heterocycles. The second kappa shape index (κ2) is 10.5. The molecule has 0 aliphatic rings. The molecule has 4 N–H and O–H groups in total. The van der Waals surface area contributed by atoms with E-state index in [1.807, 2.05) is 13.8 Å². The minimum Gasteiger partial charge on any atom is -0.497 e. The summed E-state index contributed by atoms with van der Waals surface area (Å²) in [4.78, 5) is 45.7. The fourth-order valence-corrected chi connectivity index (χ4v) is 4.62. The fraction of sp³-hybridized carbons (Fsp3) is 0.333. The van der Waals surface area contributed by atoms with Crippen molar-refractivity contribution in [1.29, 1.82) is 0 Å². The number of nitrogens with zero attached hydrogens (tertiary/aromatic N) is 1. The number of amides is 2. The predicted molar refractivity (Wildman–Crippen MR) is 128 cm³/mol. The van der Waals surface area contributed by atoms with Gasteiger partial charge in [0.15, 0.2) is 0 Å². The molecular weight excluding hydrogens is 450 g/mol. The Morgan fingerprint density at radius 1 is 1.22 bits per heavy atom. The minimum absolute atomic E-state index is 0.00104. The number of carbonyl (C=O) groups excluding carboxylic acids is 2. The molecule has 1 aromatic carbocycles. The lowest BCUT2D eigenvalue weighted by Gasteiger charge is -2.13. The van der Waals surface area contributed by atoms with Crippen molar-refractivity contribution in [2.45, 2.75) is 31.8 Å². The van der Waals surface area contributed by atoms with Gasteiger partial charge in [-0.05, 0) is 50.6 Å². The second-order valence-electron chi connectivity index (χ2n) is 7.05. The molecule has 0 radical (unpaired) electrons. The summed E-state index contributed by atoms with van der Waals surface area (Å²) in [5.74, 6) is 0.868. The Hall–Kier alpha value is -3.05. The SMILES string of the molecule is COc1ccc(NCC(=O)NNC(=O)C(C)SCc2nc3sc(C)c(C)c3c(=O)[nH]2)cc1. The van der Waals surface area contributed by atoms with Crippen molar-refractivity contribution < 1.29 is 14.3 Å². The number of aryl methyl sites for hydroxylation is 2. The number of hydrazine groups is 1. The van der Waals surface area contributed by atoms with E-state index >= 15 is 0 Å². The number of benzene rings is 1. The highest BCUT2D eigenvalue weighted by atomic mass is 32.2. The van der Waals surface area contributed by atoms with E-state index in [9.17, 15) is 14.4 Å². The van der Waals surface area contributed by atoms with Crippen molar-refractivity contribution in [1.82, 2.24) is 20.8 Å². The summed E-state index contributed by atoms with van der Waals surface area (Å²) in [7, 11) is 1.58. The maximum Gasteiger partial charge on any atom is 0.259 e. The number of hydrogen-bond donors (Lipinski definition) is 4. The van der Waals surface area contributed by atoms with Gasteiger partial charge in [-0.25, -0.2) is 4.98 Å². The van der Waals surface area contributed by atoms with E-state index in [2.05, 4.69) is 26.1 Å². The van der Waals surface area contributed by atoms with Gasteiger partial charge in [0.25, 0.3) is 17.4 Å². The number of ether oxygens (including phenoxy) is 1. The lowest BCUT2D eigenvalue weighted by Crippen LogP contribution is -2.46. The molecule has 11 heteroatoms. The Bertz CT molecular complexity index is 1170. The van der Waals surface area contributed by atoms with Crippen LogP contribution in [0.1, 0.15) is 23.2 Å². The summed E-state index contributed by atoms with van der Waals surface area (Å²) in [6, 6.07) is 7.14. The van der Waals surface area contributed by atoms with Gasteiger partial charge in [0, 0.05) is 10.6 Å². The van der Waals surface area contributed by atoms with Gasteiger partial charge in [-0.15, -0.1) is 23.1 Å². The van der Waals surface area contributed by atoms with E-state index in [4.69, 9.17) is 4.74 Å². The third-order valence-electron chi connectivity index (χ3n) is 4.80. The Morgan fingerprint density at radius 2 is 1.94 bits per heavy atom. The van der Waals surface area contributed by atoms with Crippen LogP contribution >= 0.6 is 23.1 Å². The van der Waals surface area contributed by atoms with Gasteiger partial charge < -0.3 is 15.0 Å². The van der Waals surface area contributed by atoms with E-state index in [0.29, 0.717) is 21.8 Å². The van der Waals surface area contributed by atoms with Crippen LogP contribution in [0.3, 0.4) is 0 Å². The topological polar surface area (TPSA) is 125 Å². The molecule has 0 fully saturated rings. The van der Waals surface area contributed by atoms with E-state index in [1.165, 1.54) is 23.1 Å². The van der Waals surface area contributed by atoms with Gasteiger partial charge in [-0.2, -0.15) is 0 Å². The quantitative estimate of drug-likeness (QED) is 0.369. The monoisotopic (exact) mass is 475 g/mol. The van der Waals surface area contributed by atoms with E-state index in [-0.39, 0.29) is 23.9 Å². The highest BCUT2D eigenvalue weighted by Crippen LogP contribution is 2.26. The zero-order valence-corrected chi connectivity index (χ0v) is 19.8. The zero-order valence-electron chi connectivity index (χ0n) is 18.2. The van der Waals surface area contributed by atoms with Crippen LogP contribution < -0.4 is 26.5 Å². The first kappa shape index (κ1) is 23.6. The second-order valence-corrected chi connectivity index (χ2v) is 9.58. The first-order valence-corrected chi connectivity index (χ1v) is 11.7. The van der Waals surface area contributed by atoms with Crippen LogP contribution in [0, 0.1) is 13.8 Å². The number of rotatable bonds is 8. The Kier molecular flexibility index (Phi) is 7.75. The van der Waals surface area contributed by atoms with Crippen molar-refractivity contribution in [3.63, 3.8) is 0 Å². The Morgan fingerprint density at radius 3 is 2.62 bits per heavy atom. The summed E-state index contributed by atoms with van der Waals surface area (Å²) in [5, 5.41) is 3.12. The molecule has 3 aromatic rings. The first-order valence-electron chi connectivity index (χ1n) is 9.85. The van der Waals surface area contributed by atoms with E-state index < -0.39 is 5.25 Å². The van der Waals surface area contributed by atoms with Gasteiger partial charge in [0.1, 0.15) is 16.4 Å². The highest BCUT2D eigenvalue weighted by molar-refractivity contribution is 7.99. The van der Waals surface area contributed by atoms with E-state index in [0.717, 1.165) is 21.9 Å². The molecular formula is C21H25N5O4S2. The number of anilines is 1. The maximum absolute atomic E-state index is 12.3. The normalized spacial score (nSPS) is 11.8. The lowest BCUT2D eigenvalue weighted by molar-refractivity contribution is -0.127. The van der Waals surface area contributed by atoms with Crippen LogP contribution in [-0.2, 0) is 15.3 Å². The van der Waals surface area contributed by atoms with Crippen molar-refractivity contribution in [3.05, 3.63) is 50.9 Å². The molecule has 0 bridgehead atoms. The number of nitrogens with one attached hydrogen (secondary N) is 4. The summed E-state index contributed by atoms with van der Waals surface area (Å²) in [6.45, 7) is 5.59. The van der Waals surface area contributed by atoms with Crippen LogP contribution in [0.5, 0.6) is 5.75 Å². The maximum atomic E-state index is 12.3. The third-order valence-corrected chi connectivity index (χ3v) is 7.05. The molecule has 2 amide bonds. The minimum atomic E-state index is -0.461. The molecule has 0 aliphatic carbocycles. The molecule has 0 spiro atoms. The number of aromatic nitrogens is 2. The molecule has 0 saturated carbocycles. The van der Waals surface area contributed by atoms with Crippen LogP contribution in [0.4, 0.5) is 5.69 Å². The molecule has 2 aromatic heterocycles. The summed E-state index contributed by atoms with van der Waals surface area (Å²) in [6.07, 6.45) is 0. The van der Waals surface area contributed by atoms with Crippen LogP contribution in [0.2, 0.25) is 0 Å². The van der Waals surface area contributed by atoms with Crippen LogP contribution in [0.25, 0.3) is 10.2 Å². The van der Waals surface area contributed by atoms with Gasteiger partial charge >= 0.3 is 0 Å². The number of hydrogen-bond acceptors (Lipinski definition) is 8. The molecule has 1 unspecified atom stereocenters.